The molecule has 0 saturated carbocycles. The van der Waals surface area contributed by atoms with Gasteiger partial charge in [0.05, 0.1) is 16.7 Å². The van der Waals surface area contributed by atoms with Gasteiger partial charge in [-0.2, -0.15) is 0 Å². The molecular weight excluding hydrogens is 330 g/mol. The van der Waals surface area contributed by atoms with E-state index in [4.69, 9.17) is 4.74 Å². The standard InChI is InChI=1S/C16H13N3O4S/c1-9-6-7-10(8-11(9)19(21)22)15(20)18-16-17-14-12(23-2)4-3-5-13(14)24-16/h3-8H,1-2H3,(H,17,18,20). The molecule has 0 aliphatic rings. The molecule has 1 N–H and O–H groups in total. The van der Waals surface area contributed by atoms with Gasteiger partial charge in [-0.1, -0.05) is 23.5 Å². The normalized spacial score (nSPS) is 10.6. The van der Waals surface area contributed by atoms with Gasteiger partial charge in [0, 0.05) is 17.2 Å². The number of fused-ring (bicyclic) bond motifs is 1. The first-order valence-electron chi connectivity index (χ1n) is 6.99. The first-order chi connectivity index (χ1) is 11.5. The van der Waals surface area contributed by atoms with Crippen molar-refractivity contribution in [1.82, 2.24) is 4.98 Å². The van der Waals surface area contributed by atoms with Crippen molar-refractivity contribution in [3.05, 3.63) is 57.6 Å². The van der Waals surface area contributed by atoms with E-state index in [-0.39, 0.29) is 11.3 Å². The summed E-state index contributed by atoms with van der Waals surface area (Å²) >= 11 is 1.31. The third-order valence-electron chi connectivity index (χ3n) is 3.49. The van der Waals surface area contributed by atoms with Crippen molar-refractivity contribution < 1.29 is 14.5 Å². The van der Waals surface area contributed by atoms with E-state index in [1.807, 2.05) is 12.1 Å². The second-order valence-electron chi connectivity index (χ2n) is 5.04. The Balaban J connectivity index is 1.90. The number of para-hydroxylation sites is 1. The van der Waals surface area contributed by atoms with E-state index in [9.17, 15) is 14.9 Å². The number of anilines is 1. The van der Waals surface area contributed by atoms with E-state index in [0.29, 0.717) is 22.0 Å². The van der Waals surface area contributed by atoms with Gasteiger partial charge in [0.15, 0.2) is 5.13 Å². The molecule has 1 amide bonds. The van der Waals surface area contributed by atoms with Gasteiger partial charge >= 0.3 is 0 Å². The highest BCUT2D eigenvalue weighted by atomic mass is 32.1. The van der Waals surface area contributed by atoms with Crippen LogP contribution < -0.4 is 10.1 Å². The zero-order chi connectivity index (χ0) is 17.3. The highest BCUT2D eigenvalue weighted by molar-refractivity contribution is 7.22. The van der Waals surface area contributed by atoms with Crippen LogP contribution in [-0.2, 0) is 0 Å². The van der Waals surface area contributed by atoms with E-state index in [2.05, 4.69) is 10.3 Å². The van der Waals surface area contributed by atoms with Crippen LogP contribution in [0.25, 0.3) is 10.2 Å². The monoisotopic (exact) mass is 343 g/mol. The molecule has 0 unspecified atom stereocenters. The number of ether oxygens (including phenoxy) is 1. The van der Waals surface area contributed by atoms with Gasteiger partial charge in [-0.15, -0.1) is 0 Å². The Morgan fingerprint density at radius 3 is 2.83 bits per heavy atom. The summed E-state index contributed by atoms with van der Waals surface area (Å²) in [6.45, 7) is 1.62. The molecule has 0 saturated heterocycles. The average Bonchev–Trinajstić information content (AvgIpc) is 2.97. The number of rotatable bonds is 4. The summed E-state index contributed by atoms with van der Waals surface area (Å²) < 4.78 is 6.12. The number of aromatic nitrogens is 1. The topological polar surface area (TPSA) is 94.4 Å². The molecule has 0 radical (unpaired) electrons. The largest absolute Gasteiger partial charge is 0.494 e. The molecule has 1 aromatic heterocycles. The number of nitrogens with one attached hydrogen (secondary N) is 1. The lowest BCUT2D eigenvalue weighted by molar-refractivity contribution is -0.385. The van der Waals surface area contributed by atoms with E-state index in [1.165, 1.54) is 17.4 Å². The summed E-state index contributed by atoms with van der Waals surface area (Å²) in [7, 11) is 1.55. The van der Waals surface area contributed by atoms with E-state index in [0.717, 1.165) is 4.70 Å². The number of carbonyl (C=O) groups is 1. The minimum Gasteiger partial charge on any atom is -0.494 e. The van der Waals surface area contributed by atoms with Crippen molar-refractivity contribution in [3.63, 3.8) is 0 Å². The lowest BCUT2D eigenvalue weighted by atomic mass is 10.1. The minimum atomic E-state index is -0.505. The maximum absolute atomic E-state index is 12.3. The first-order valence-corrected chi connectivity index (χ1v) is 7.81. The van der Waals surface area contributed by atoms with Gasteiger partial charge < -0.3 is 4.74 Å². The van der Waals surface area contributed by atoms with Crippen LogP contribution in [0.3, 0.4) is 0 Å². The molecule has 122 valence electrons. The molecule has 0 fully saturated rings. The number of methoxy groups -OCH3 is 1. The molecule has 0 aliphatic carbocycles. The van der Waals surface area contributed by atoms with Crippen LogP contribution in [0.4, 0.5) is 10.8 Å². The van der Waals surface area contributed by atoms with E-state index in [1.54, 1.807) is 32.2 Å². The molecule has 0 spiro atoms. The zero-order valence-corrected chi connectivity index (χ0v) is 13.7. The Kier molecular flexibility index (Phi) is 4.13. The number of aryl methyl sites for hydroxylation is 1. The third-order valence-corrected chi connectivity index (χ3v) is 4.43. The van der Waals surface area contributed by atoms with Crippen LogP contribution >= 0.6 is 11.3 Å². The molecular formula is C16H13N3O4S. The van der Waals surface area contributed by atoms with Crippen LogP contribution in [0.5, 0.6) is 5.75 Å². The maximum atomic E-state index is 12.3. The fourth-order valence-electron chi connectivity index (χ4n) is 2.26. The number of hydrogen-bond acceptors (Lipinski definition) is 6. The Bertz CT molecular complexity index is 952. The quantitative estimate of drug-likeness (QED) is 0.575. The van der Waals surface area contributed by atoms with Crippen molar-refractivity contribution in [2.45, 2.75) is 6.92 Å². The molecule has 0 atom stereocenters. The van der Waals surface area contributed by atoms with Gasteiger partial charge in [-0.3, -0.25) is 20.2 Å². The molecule has 0 bridgehead atoms. The molecule has 24 heavy (non-hydrogen) atoms. The van der Waals surface area contributed by atoms with Crippen LogP contribution in [-0.4, -0.2) is 22.9 Å². The van der Waals surface area contributed by atoms with Crippen LogP contribution in [0, 0.1) is 17.0 Å². The third kappa shape index (κ3) is 2.91. The second kappa shape index (κ2) is 6.25. The molecule has 1 heterocycles. The Morgan fingerprint density at radius 2 is 2.12 bits per heavy atom. The number of nitro benzene ring substituents is 1. The molecule has 3 aromatic rings. The summed E-state index contributed by atoms with van der Waals surface area (Å²) in [4.78, 5) is 27.2. The SMILES string of the molecule is COc1cccc2sc(NC(=O)c3ccc(C)c([N+](=O)[O-])c3)nc12. The Labute approximate surface area is 141 Å². The Hall–Kier alpha value is -3.00. The van der Waals surface area contributed by atoms with E-state index < -0.39 is 10.8 Å². The summed E-state index contributed by atoms with van der Waals surface area (Å²) in [6, 6.07) is 9.87. The lowest BCUT2D eigenvalue weighted by Crippen LogP contribution is -2.12. The Morgan fingerprint density at radius 1 is 1.33 bits per heavy atom. The molecule has 8 heteroatoms. The number of hydrogen-bond donors (Lipinski definition) is 1. The van der Waals surface area contributed by atoms with Gasteiger partial charge in [0.25, 0.3) is 11.6 Å². The molecule has 3 rings (SSSR count). The number of benzene rings is 2. The van der Waals surface area contributed by atoms with Crippen molar-refractivity contribution in [3.8, 4) is 5.75 Å². The van der Waals surface area contributed by atoms with Crippen molar-refractivity contribution in [2.75, 3.05) is 12.4 Å². The first kappa shape index (κ1) is 15.9. The second-order valence-corrected chi connectivity index (χ2v) is 6.07. The van der Waals surface area contributed by atoms with Gasteiger partial charge in [-0.05, 0) is 25.1 Å². The number of thiazole rings is 1. The van der Waals surface area contributed by atoms with Gasteiger partial charge in [0.1, 0.15) is 11.3 Å². The predicted octanol–water partition coefficient (Wildman–Crippen LogP) is 3.77. The maximum Gasteiger partial charge on any atom is 0.273 e. The van der Waals surface area contributed by atoms with Crippen LogP contribution in [0.1, 0.15) is 15.9 Å². The van der Waals surface area contributed by atoms with E-state index >= 15 is 0 Å². The summed E-state index contributed by atoms with van der Waals surface area (Å²) in [5.41, 5.74) is 1.28. The lowest BCUT2D eigenvalue weighted by Gasteiger charge is -2.03. The highest BCUT2D eigenvalue weighted by Crippen LogP contribution is 2.32. The molecule has 0 aliphatic heterocycles. The number of amides is 1. The highest BCUT2D eigenvalue weighted by Gasteiger charge is 2.16. The minimum absolute atomic E-state index is 0.0892. The van der Waals surface area contributed by atoms with Gasteiger partial charge in [0.2, 0.25) is 0 Å². The molecule has 2 aromatic carbocycles. The fourth-order valence-corrected chi connectivity index (χ4v) is 3.14. The number of nitrogens with zero attached hydrogens (tertiary/aromatic N) is 2. The predicted molar refractivity (Wildman–Crippen MR) is 92.0 cm³/mol. The summed E-state index contributed by atoms with van der Waals surface area (Å²) in [5.74, 6) is 0.173. The van der Waals surface area contributed by atoms with Crippen molar-refractivity contribution in [2.24, 2.45) is 0 Å². The van der Waals surface area contributed by atoms with Crippen LogP contribution in [0.15, 0.2) is 36.4 Å². The summed E-state index contributed by atoms with van der Waals surface area (Å²) in [5, 5.41) is 14.1. The molecule has 7 nitrogen and oxygen atoms in total. The van der Waals surface area contributed by atoms with Crippen molar-refractivity contribution in [1.29, 1.82) is 0 Å². The van der Waals surface area contributed by atoms with Crippen molar-refractivity contribution >= 4 is 38.3 Å². The average molecular weight is 343 g/mol. The van der Waals surface area contributed by atoms with Gasteiger partial charge in [-0.25, -0.2) is 4.98 Å². The van der Waals surface area contributed by atoms with Crippen LogP contribution in [0.2, 0.25) is 0 Å². The number of carbonyl (C=O) groups excluding carboxylic acids is 1. The zero-order valence-electron chi connectivity index (χ0n) is 12.9. The smallest absolute Gasteiger partial charge is 0.273 e. The fraction of sp³-hybridized carbons (Fsp3) is 0.125. The number of nitro groups is 1. The summed E-state index contributed by atoms with van der Waals surface area (Å²) in [6.07, 6.45) is 0.